The SMILES string of the molecule is O=C(c1ccccc1)c1ccc(N2C(=O)CSC2c2ccc(Cl)c(Cl)c2)cc1. The molecule has 0 aliphatic carbocycles. The van der Waals surface area contributed by atoms with Gasteiger partial charge >= 0.3 is 0 Å². The number of rotatable bonds is 4. The molecule has 0 aromatic heterocycles. The molecule has 28 heavy (non-hydrogen) atoms. The number of anilines is 1. The molecule has 0 N–H and O–H groups in total. The van der Waals surface area contributed by atoms with Crippen molar-refractivity contribution in [3.63, 3.8) is 0 Å². The molecule has 6 heteroatoms. The van der Waals surface area contributed by atoms with E-state index in [4.69, 9.17) is 23.2 Å². The van der Waals surface area contributed by atoms with E-state index in [1.807, 2.05) is 36.4 Å². The number of nitrogens with zero attached hydrogens (tertiary/aromatic N) is 1. The molecule has 0 spiro atoms. The molecule has 1 atom stereocenters. The summed E-state index contributed by atoms with van der Waals surface area (Å²) >= 11 is 13.7. The molecule has 1 aliphatic rings. The summed E-state index contributed by atoms with van der Waals surface area (Å²) in [5.41, 5.74) is 2.88. The minimum absolute atomic E-state index is 0.0169. The van der Waals surface area contributed by atoms with Gasteiger partial charge in [0.2, 0.25) is 5.91 Å². The second kappa shape index (κ2) is 8.00. The van der Waals surface area contributed by atoms with Crippen LogP contribution in [-0.4, -0.2) is 17.4 Å². The van der Waals surface area contributed by atoms with Crippen molar-refractivity contribution in [2.75, 3.05) is 10.7 Å². The summed E-state index contributed by atoms with van der Waals surface area (Å²) < 4.78 is 0. The Balaban J connectivity index is 1.62. The predicted molar refractivity (Wildman–Crippen MR) is 115 cm³/mol. The number of halogens is 2. The Morgan fingerprint density at radius 3 is 2.25 bits per heavy atom. The van der Waals surface area contributed by atoms with E-state index in [0.717, 1.165) is 11.3 Å². The summed E-state index contributed by atoms with van der Waals surface area (Å²) in [5, 5.41) is 0.760. The lowest BCUT2D eigenvalue weighted by atomic mass is 10.0. The maximum absolute atomic E-state index is 12.6. The van der Waals surface area contributed by atoms with E-state index in [-0.39, 0.29) is 17.1 Å². The first kappa shape index (κ1) is 19.1. The fourth-order valence-corrected chi connectivity index (χ4v) is 4.62. The Kier molecular flexibility index (Phi) is 5.44. The summed E-state index contributed by atoms with van der Waals surface area (Å²) in [6.45, 7) is 0. The molecule has 4 rings (SSSR count). The van der Waals surface area contributed by atoms with Gasteiger partial charge in [0.1, 0.15) is 5.37 Å². The number of hydrogen-bond donors (Lipinski definition) is 0. The largest absolute Gasteiger partial charge is 0.295 e. The van der Waals surface area contributed by atoms with E-state index in [9.17, 15) is 9.59 Å². The van der Waals surface area contributed by atoms with Crippen molar-refractivity contribution in [2.45, 2.75) is 5.37 Å². The van der Waals surface area contributed by atoms with Crippen LogP contribution in [0.4, 0.5) is 5.69 Å². The summed E-state index contributed by atoms with van der Waals surface area (Å²) in [5.74, 6) is 0.355. The molecule has 1 fully saturated rings. The van der Waals surface area contributed by atoms with Crippen molar-refractivity contribution >= 4 is 52.3 Å². The molecule has 3 nitrogen and oxygen atoms in total. The van der Waals surface area contributed by atoms with Gasteiger partial charge in [-0.3, -0.25) is 14.5 Å². The molecule has 3 aromatic rings. The molecule has 140 valence electrons. The average Bonchev–Trinajstić information content (AvgIpc) is 3.11. The van der Waals surface area contributed by atoms with Gasteiger partial charge in [-0.2, -0.15) is 0 Å². The van der Waals surface area contributed by atoms with Crippen LogP contribution in [0.3, 0.4) is 0 Å². The van der Waals surface area contributed by atoms with Gasteiger partial charge in [0.05, 0.1) is 15.8 Å². The van der Waals surface area contributed by atoms with Crippen molar-refractivity contribution < 1.29 is 9.59 Å². The van der Waals surface area contributed by atoms with Gasteiger partial charge < -0.3 is 0 Å². The first-order valence-electron chi connectivity index (χ1n) is 8.63. The van der Waals surface area contributed by atoms with E-state index >= 15 is 0 Å². The van der Waals surface area contributed by atoms with Crippen molar-refractivity contribution in [3.05, 3.63) is 99.5 Å². The summed E-state index contributed by atoms with van der Waals surface area (Å²) in [4.78, 5) is 26.9. The molecule has 1 heterocycles. The van der Waals surface area contributed by atoms with Gasteiger partial charge in [-0.1, -0.05) is 59.6 Å². The quantitative estimate of drug-likeness (QED) is 0.478. The normalized spacial score (nSPS) is 16.4. The Labute approximate surface area is 177 Å². The van der Waals surface area contributed by atoms with E-state index in [1.54, 1.807) is 41.3 Å². The van der Waals surface area contributed by atoms with Crippen LogP contribution in [0.25, 0.3) is 0 Å². The van der Waals surface area contributed by atoms with Crippen LogP contribution < -0.4 is 4.90 Å². The zero-order chi connectivity index (χ0) is 19.7. The van der Waals surface area contributed by atoms with Gasteiger partial charge in [-0.05, 0) is 42.0 Å². The second-order valence-corrected chi connectivity index (χ2v) is 8.23. The van der Waals surface area contributed by atoms with Crippen LogP contribution in [0.15, 0.2) is 72.8 Å². The van der Waals surface area contributed by atoms with Crippen molar-refractivity contribution in [2.24, 2.45) is 0 Å². The number of carbonyl (C=O) groups is 2. The molecule has 1 unspecified atom stereocenters. The van der Waals surface area contributed by atoms with Crippen molar-refractivity contribution in [1.82, 2.24) is 0 Å². The fourth-order valence-electron chi connectivity index (χ4n) is 3.15. The van der Waals surface area contributed by atoms with Gasteiger partial charge in [0.15, 0.2) is 5.78 Å². The molecule has 0 saturated carbocycles. The van der Waals surface area contributed by atoms with Crippen molar-refractivity contribution in [3.8, 4) is 0 Å². The Morgan fingerprint density at radius 2 is 1.57 bits per heavy atom. The standard InChI is InChI=1S/C22H15Cl2NO2S/c23-18-11-8-16(12-19(18)24)22-25(20(26)13-28-22)17-9-6-15(7-10-17)21(27)14-4-2-1-3-5-14/h1-12,22H,13H2. The smallest absolute Gasteiger partial charge is 0.238 e. The molecule has 3 aromatic carbocycles. The zero-order valence-corrected chi connectivity index (χ0v) is 17.0. The monoisotopic (exact) mass is 427 g/mol. The van der Waals surface area contributed by atoms with E-state index in [1.165, 1.54) is 11.8 Å². The Morgan fingerprint density at radius 1 is 0.893 bits per heavy atom. The third kappa shape index (κ3) is 3.68. The number of ketones is 1. The molecule has 1 saturated heterocycles. The Bertz CT molecular complexity index is 1040. The molecular formula is C22H15Cl2NO2S. The summed E-state index contributed by atoms with van der Waals surface area (Å²) in [6.07, 6.45) is 0. The van der Waals surface area contributed by atoms with Gasteiger partial charge in [-0.25, -0.2) is 0 Å². The number of hydrogen-bond acceptors (Lipinski definition) is 3. The van der Waals surface area contributed by atoms with Gasteiger partial charge in [0, 0.05) is 16.8 Å². The number of thioether (sulfide) groups is 1. The first-order valence-corrected chi connectivity index (χ1v) is 10.4. The summed E-state index contributed by atoms with van der Waals surface area (Å²) in [7, 11) is 0. The first-order chi connectivity index (χ1) is 13.5. The fraction of sp³-hybridized carbons (Fsp3) is 0.0909. The maximum atomic E-state index is 12.6. The topological polar surface area (TPSA) is 37.4 Å². The third-order valence-corrected chi connectivity index (χ3v) is 6.49. The van der Waals surface area contributed by atoms with Crippen LogP contribution in [0.1, 0.15) is 26.9 Å². The van der Waals surface area contributed by atoms with E-state index in [0.29, 0.717) is 26.9 Å². The minimum Gasteiger partial charge on any atom is -0.295 e. The lowest BCUT2D eigenvalue weighted by Crippen LogP contribution is -2.27. The molecular weight excluding hydrogens is 413 g/mol. The number of amides is 1. The zero-order valence-electron chi connectivity index (χ0n) is 14.6. The maximum Gasteiger partial charge on any atom is 0.238 e. The van der Waals surface area contributed by atoms with Crippen LogP contribution in [0, 0.1) is 0 Å². The molecule has 1 amide bonds. The third-order valence-electron chi connectivity index (χ3n) is 4.54. The van der Waals surface area contributed by atoms with Gasteiger partial charge in [0.25, 0.3) is 0 Å². The number of benzene rings is 3. The van der Waals surface area contributed by atoms with Crippen LogP contribution >= 0.6 is 35.0 Å². The Hall–Kier alpha value is -2.27. The molecule has 0 radical (unpaired) electrons. The lowest BCUT2D eigenvalue weighted by Gasteiger charge is -2.24. The molecule has 1 aliphatic heterocycles. The van der Waals surface area contributed by atoms with Gasteiger partial charge in [-0.15, -0.1) is 11.8 Å². The highest BCUT2D eigenvalue weighted by Gasteiger charge is 2.34. The second-order valence-electron chi connectivity index (χ2n) is 6.34. The van der Waals surface area contributed by atoms with Crippen LogP contribution in [-0.2, 0) is 4.79 Å². The molecule has 0 bridgehead atoms. The number of carbonyl (C=O) groups excluding carboxylic acids is 2. The average molecular weight is 428 g/mol. The highest BCUT2D eigenvalue weighted by atomic mass is 35.5. The van der Waals surface area contributed by atoms with E-state index < -0.39 is 0 Å². The van der Waals surface area contributed by atoms with Crippen LogP contribution in [0.5, 0.6) is 0 Å². The lowest BCUT2D eigenvalue weighted by molar-refractivity contribution is -0.115. The highest BCUT2D eigenvalue weighted by Crippen LogP contribution is 2.43. The van der Waals surface area contributed by atoms with Crippen LogP contribution in [0.2, 0.25) is 10.0 Å². The van der Waals surface area contributed by atoms with E-state index in [2.05, 4.69) is 0 Å². The minimum atomic E-state index is -0.182. The predicted octanol–water partition coefficient (Wildman–Crippen LogP) is 6.00. The van der Waals surface area contributed by atoms with Crippen molar-refractivity contribution in [1.29, 1.82) is 0 Å². The highest BCUT2D eigenvalue weighted by molar-refractivity contribution is 8.00. The summed E-state index contributed by atoms with van der Waals surface area (Å²) in [6, 6.07) is 21.7.